The molecule has 2 atom stereocenters. The van der Waals surface area contributed by atoms with Crippen molar-refractivity contribution in [1.29, 1.82) is 0 Å². The van der Waals surface area contributed by atoms with Crippen LogP contribution in [0.5, 0.6) is 5.75 Å². The van der Waals surface area contributed by atoms with E-state index >= 15 is 0 Å². The zero-order chi connectivity index (χ0) is 22.7. The summed E-state index contributed by atoms with van der Waals surface area (Å²) in [5.41, 5.74) is 0.743. The summed E-state index contributed by atoms with van der Waals surface area (Å²) in [7, 11) is 0. The number of morpholine rings is 1. The number of aliphatic imine (C=N–C) groups is 2. The van der Waals surface area contributed by atoms with E-state index in [0.29, 0.717) is 41.2 Å². The van der Waals surface area contributed by atoms with E-state index in [1.165, 1.54) is 6.07 Å². The van der Waals surface area contributed by atoms with Crippen molar-refractivity contribution in [2.45, 2.75) is 57.0 Å². The molecular formula is C21H23F4N5O2. The normalized spacial score (nSPS) is 25.5. The van der Waals surface area contributed by atoms with Crippen molar-refractivity contribution < 1.29 is 27.0 Å². The van der Waals surface area contributed by atoms with Crippen LogP contribution in [0, 0.1) is 5.82 Å². The molecule has 1 saturated carbocycles. The fraction of sp³-hybridized carbons (Fsp3) is 0.571. The second kappa shape index (κ2) is 7.43. The Labute approximate surface area is 181 Å². The Hall–Kier alpha value is -2.69. The van der Waals surface area contributed by atoms with Gasteiger partial charge in [-0.05, 0) is 32.8 Å². The Kier molecular flexibility index (Phi) is 4.92. The first-order valence-electron chi connectivity index (χ1n) is 10.5. The van der Waals surface area contributed by atoms with Gasteiger partial charge in [-0.25, -0.2) is 9.38 Å². The topological polar surface area (TPSA) is 75.1 Å². The molecule has 2 aromatic rings. The van der Waals surface area contributed by atoms with Crippen LogP contribution in [-0.2, 0) is 4.74 Å². The van der Waals surface area contributed by atoms with E-state index in [2.05, 4.69) is 20.2 Å². The molecule has 0 bridgehead atoms. The van der Waals surface area contributed by atoms with E-state index in [1.54, 1.807) is 17.9 Å². The first kappa shape index (κ1) is 21.2. The molecule has 1 saturated heterocycles. The minimum Gasteiger partial charge on any atom is -0.484 e. The number of amidine groups is 2. The van der Waals surface area contributed by atoms with E-state index in [0.717, 1.165) is 12.8 Å². The monoisotopic (exact) mass is 453 g/mol. The average Bonchev–Trinajstić information content (AvgIpc) is 3.32. The van der Waals surface area contributed by atoms with E-state index in [4.69, 9.17) is 9.47 Å². The fourth-order valence-corrected chi connectivity index (χ4v) is 4.06. The van der Waals surface area contributed by atoms with Crippen molar-refractivity contribution in [1.82, 2.24) is 15.1 Å². The van der Waals surface area contributed by atoms with Gasteiger partial charge < -0.3 is 14.4 Å². The molecule has 0 spiro atoms. The third kappa shape index (κ3) is 4.05. The van der Waals surface area contributed by atoms with Crippen LogP contribution in [0.3, 0.4) is 0 Å². The number of alkyl halides is 3. The summed E-state index contributed by atoms with van der Waals surface area (Å²) in [6.45, 7) is 3.61. The number of H-pyrrole nitrogens is 1. The first-order chi connectivity index (χ1) is 15.1. The number of ether oxygens (including phenoxy) is 2. The van der Waals surface area contributed by atoms with Crippen LogP contribution < -0.4 is 4.74 Å². The molecule has 1 aromatic carbocycles. The van der Waals surface area contributed by atoms with Crippen molar-refractivity contribution in [3.8, 4) is 5.75 Å². The lowest BCUT2D eigenvalue weighted by molar-refractivity contribution is -0.232. The van der Waals surface area contributed by atoms with Gasteiger partial charge in [-0.1, -0.05) is 0 Å². The van der Waals surface area contributed by atoms with Crippen molar-refractivity contribution in [2.24, 2.45) is 9.98 Å². The van der Waals surface area contributed by atoms with Gasteiger partial charge in [0.2, 0.25) is 0 Å². The van der Waals surface area contributed by atoms with Gasteiger partial charge in [0.1, 0.15) is 23.3 Å². The Balaban J connectivity index is 1.42. The third-order valence-electron chi connectivity index (χ3n) is 6.09. The minimum atomic E-state index is -4.44. The summed E-state index contributed by atoms with van der Waals surface area (Å²) in [6.07, 6.45) is -4.25. The number of nitrogens with zero attached hydrogens (tertiary/aromatic N) is 4. The number of fused-ring (bicyclic) bond motifs is 1. The standard InChI is InChI=1S/C21H23F4N5O2/c1-11-26-15(9-18(27-11)30-5-6-31-17(10-30)21(23,24)25)19-12-7-16(32-20(2)3-4-20)13(22)8-14(12)28-29-19/h7-8,15,17H,3-6,9-10H2,1-2H3,(H,28,29). The van der Waals surface area contributed by atoms with Crippen molar-refractivity contribution in [3.63, 3.8) is 0 Å². The molecule has 172 valence electrons. The first-order valence-corrected chi connectivity index (χ1v) is 10.5. The molecule has 7 nitrogen and oxygen atoms in total. The van der Waals surface area contributed by atoms with Crippen LogP contribution in [0.2, 0.25) is 0 Å². The summed E-state index contributed by atoms with van der Waals surface area (Å²) >= 11 is 0. The number of hydrogen-bond acceptors (Lipinski definition) is 6. The van der Waals surface area contributed by atoms with Crippen LogP contribution in [0.1, 0.15) is 44.8 Å². The highest BCUT2D eigenvalue weighted by molar-refractivity contribution is 5.99. The quantitative estimate of drug-likeness (QED) is 0.709. The molecule has 5 rings (SSSR count). The number of halogens is 4. The highest BCUT2D eigenvalue weighted by atomic mass is 19.4. The maximum absolute atomic E-state index is 14.5. The summed E-state index contributed by atoms with van der Waals surface area (Å²) in [4.78, 5) is 10.6. The van der Waals surface area contributed by atoms with Crippen LogP contribution in [0.25, 0.3) is 10.9 Å². The molecule has 1 aromatic heterocycles. The predicted molar refractivity (Wildman–Crippen MR) is 110 cm³/mol. The molecule has 0 radical (unpaired) electrons. The maximum atomic E-state index is 14.5. The number of hydrogen-bond donors (Lipinski definition) is 1. The SMILES string of the molecule is CC1=NC(c2[nH]nc3cc(F)c(OC4(C)CC4)cc23)CC(N2CCOC(C(F)(F)F)C2)=N1. The average molecular weight is 453 g/mol. The molecule has 3 aliphatic rings. The molecule has 2 unspecified atom stereocenters. The largest absolute Gasteiger partial charge is 0.484 e. The number of aromatic nitrogens is 2. The minimum absolute atomic E-state index is 0.0320. The Bertz CT molecular complexity index is 1110. The lowest BCUT2D eigenvalue weighted by Crippen LogP contribution is -2.51. The fourth-order valence-electron chi connectivity index (χ4n) is 4.06. The van der Waals surface area contributed by atoms with Crippen molar-refractivity contribution in [3.05, 3.63) is 23.6 Å². The third-order valence-corrected chi connectivity index (χ3v) is 6.09. The van der Waals surface area contributed by atoms with Crippen LogP contribution in [0.4, 0.5) is 17.6 Å². The number of benzene rings is 1. The number of rotatable bonds is 3. The smallest absolute Gasteiger partial charge is 0.416 e. The molecular weight excluding hydrogens is 430 g/mol. The molecule has 3 heterocycles. The summed E-state index contributed by atoms with van der Waals surface area (Å²) in [5, 5.41) is 7.81. The highest BCUT2D eigenvalue weighted by Crippen LogP contribution is 2.42. The van der Waals surface area contributed by atoms with Gasteiger partial charge in [-0.15, -0.1) is 0 Å². The Morgan fingerprint density at radius 2 is 2.06 bits per heavy atom. The summed E-state index contributed by atoms with van der Waals surface area (Å²) < 4.78 is 64.7. The van der Waals surface area contributed by atoms with Gasteiger partial charge in [0.25, 0.3) is 0 Å². The van der Waals surface area contributed by atoms with Gasteiger partial charge in [-0.3, -0.25) is 10.1 Å². The zero-order valence-electron chi connectivity index (χ0n) is 17.7. The van der Waals surface area contributed by atoms with Crippen LogP contribution in [-0.4, -0.2) is 64.3 Å². The van der Waals surface area contributed by atoms with Crippen molar-refractivity contribution in [2.75, 3.05) is 19.7 Å². The predicted octanol–water partition coefficient (Wildman–Crippen LogP) is 4.16. The van der Waals surface area contributed by atoms with E-state index in [1.807, 2.05) is 6.92 Å². The molecule has 1 aliphatic carbocycles. The highest BCUT2D eigenvalue weighted by Gasteiger charge is 2.44. The van der Waals surface area contributed by atoms with Crippen LogP contribution >= 0.6 is 0 Å². The molecule has 32 heavy (non-hydrogen) atoms. The second-order valence-electron chi connectivity index (χ2n) is 8.76. The van der Waals surface area contributed by atoms with E-state index in [-0.39, 0.29) is 24.5 Å². The molecule has 0 amide bonds. The zero-order valence-corrected chi connectivity index (χ0v) is 17.7. The van der Waals surface area contributed by atoms with Gasteiger partial charge >= 0.3 is 6.18 Å². The van der Waals surface area contributed by atoms with Gasteiger partial charge in [0.05, 0.1) is 24.4 Å². The molecule has 2 fully saturated rings. The Morgan fingerprint density at radius 1 is 1.28 bits per heavy atom. The lowest BCUT2D eigenvalue weighted by atomic mass is 10.0. The molecule has 11 heteroatoms. The van der Waals surface area contributed by atoms with Gasteiger partial charge in [0, 0.05) is 24.4 Å². The summed E-state index contributed by atoms with van der Waals surface area (Å²) in [6, 6.07) is 2.51. The van der Waals surface area contributed by atoms with Gasteiger partial charge in [-0.2, -0.15) is 18.3 Å². The number of aromatic amines is 1. The second-order valence-corrected chi connectivity index (χ2v) is 8.76. The lowest BCUT2D eigenvalue weighted by Gasteiger charge is -2.37. The summed E-state index contributed by atoms with van der Waals surface area (Å²) in [5.74, 6) is 0.650. The molecule has 1 N–H and O–H groups in total. The number of nitrogens with one attached hydrogen (secondary N) is 1. The molecule has 2 aliphatic heterocycles. The Morgan fingerprint density at radius 3 is 2.78 bits per heavy atom. The van der Waals surface area contributed by atoms with E-state index < -0.39 is 24.1 Å². The van der Waals surface area contributed by atoms with Crippen molar-refractivity contribution >= 4 is 22.6 Å². The maximum Gasteiger partial charge on any atom is 0.416 e. The van der Waals surface area contributed by atoms with E-state index in [9.17, 15) is 17.6 Å². The van der Waals surface area contributed by atoms with Gasteiger partial charge in [0.15, 0.2) is 17.7 Å². The van der Waals surface area contributed by atoms with Crippen LogP contribution in [0.15, 0.2) is 22.1 Å².